The smallest absolute Gasteiger partial charge is 0.254 e. The highest BCUT2D eigenvalue weighted by Gasteiger charge is 2.25. The van der Waals surface area contributed by atoms with Crippen LogP contribution in [0.2, 0.25) is 0 Å². The first-order valence-corrected chi connectivity index (χ1v) is 12.0. The summed E-state index contributed by atoms with van der Waals surface area (Å²) in [5.74, 6) is 2.62. The number of fused-ring (bicyclic) bond motifs is 1. The number of nitrogens with zero attached hydrogens (tertiary/aromatic N) is 1. The summed E-state index contributed by atoms with van der Waals surface area (Å²) in [5.41, 5.74) is 3.55. The Balaban J connectivity index is 1.20. The van der Waals surface area contributed by atoms with E-state index in [0.29, 0.717) is 31.5 Å². The van der Waals surface area contributed by atoms with E-state index in [0.717, 1.165) is 40.7 Å². The second-order valence-corrected chi connectivity index (χ2v) is 9.22. The molecule has 1 fully saturated rings. The Hall–Kier alpha value is -3.34. The summed E-state index contributed by atoms with van der Waals surface area (Å²) >= 11 is 0. The standard InChI is InChI=1S/C28H30N2O3/c31-27(15-10-20-6-4-5-7-20)29-24-13-11-21(12-14-24)26-18-23-19-30(17-16-25(23)33-26)28(32)22-8-2-1-3-9-22/h1-3,8-9,11-14,18,20H,4-7,10,15-17,19H2,(H,29,31). The van der Waals surface area contributed by atoms with E-state index in [1.165, 1.54) is 25.7 Å². The van der Waals surface area contributed by atoms with Gasteiger partial charge in [0.1, 0.15) is 11.5 Å². The van der Waals surface area contributed by atoms with Crippen molar-refractivity contribution in [2.45, 2.75) is 51.5 Å². The van der Waals surface area contributed by atoms with Crippen molar-refractivity contribution in [1.82, 2.24) is 4.90 Å². The molecule has 1 aliphatic carbocycles. The van der Waals surface area contributed by atoms with Crippen LogP contribution in [0.15, 0.2) is 65.1 Å². The summed E-state index contributed by atoms with van der Waals surface area (Å²) in [5, 5.41) is 3.01. The molecule has 0 saturated heterocycles. The Bertz CT molecular complexity index is 1110. The van der Waals surface area contributed by atoms with Crippen molar-refractivity contribution in [3.05, 3.63) is 77.6 Å². The monoisotopic (exact) mass is 442 g/mol. The third-order valence-electron chi connectivity index (χ3n) is 6.88. The number of anilines is 1. The van der Waals surface area contributed by atoms with Crippen LogP contribution in [0.5, 0.6) is 0 Å². The van der Waals surface area contributed by atoms with Crippen LogP contribution < -0.4 is 5.32 Å². The first-order chi connectivity index (χ1) is 16.2. The van der Waals surface area contributed by atoms with Crippen LogP contribution in [0.25, 0.3) is 11.3 Å². The maximum Gasteiger partial charge on any atom is 0.254 e. The highest BCUT2D eigenvalue weighted by molar-refractivity contribution is 5.94. The Morgan fingerprint density at radius 3 is 2.52 bits per heavy atom. The fraction of sp³-hybridized carbons (Fsp3) is 0.357. The zero-order chi connectivity index (χ0) is 22.6. The molecule has 0 radical (unpaired) electrons. The molecule has 0 spiro atoms. The van der Waals surface area contributed by atoms with E-state index in [9.17, 15) is 9.59 Å². The van der Waals surface area contributed by atoms with Gasteiger partial charge in [-0.2, -0.15) is 0 Å². The van der Waals surface area contributed by atoms with Crippen molar-refractivity contribution in [2.75, 3.05) is 11.9 Å². The molecule has 33 heavy (non-hydrogen) atoms. The van der Waals surface area contributed by atoms with Crippen LogP contribution in [0.4, 0.5) is 5.69 Å². The van der Waals surface area contributed by atoms with Gasteiger partial charge in [-0.1, -0.05) is 43.9 Å². The lowest BCUT2D eigenvalue weighted by Gasteiger charge is -2.26. The fourth-order valence-electron chi connectivity index (χ4n) is 4.99. The van der Waals surface area contributed by atoms with Crippen molar-refractivity contribution in [3.63, 3.8) is 0 Å². The zero-order valence-electron chi connectivity index (χ0n) is 18.9. The molecular formula is C28H30N2O3. The Labute approximate surface area is 194 Å². The van der Waals surface area contributed by atoms with Crippen molar-refractivity contribution in [1.29, 1.82) is 0 Å². The highest BCUT2D eigenvalue weighted by atomic mass is 16.3. The van der Waals surface area contributed by atoms with Gasteiger partial charge in [0, 0.05) is 48.3 Å². The molecule has 5 nitrogen and oxygen atoms in total. The minimum atomic E-state index is 0.0528. The summed E-state index contributed by atoms with van der Waals surface area (Å²) in [4.78, 5) is 27.0. The van der Waals surface area contributed by atoms with Crippen molar-refractivity contribution in [2.24, 2.45) is 5.92 Å². The van der Waals surface area contributed by atoms with Gasteiger partial charge in [0.15, 0.2) is 0 Å². The molecule has 2 aliphatic rings. The van der Waals surface area contributed by atoms with E-state index in [-0.39, 0.29) is 11.8 Å². The molecule has 2 heterocycles. The molecule has 5 rings (SSSR count). The molecule has 1 aromatic heterocycles. The number of carbonyl (C=O) groups excluding carboxylic acids is 2. The number of rotatable bonds is 6. The summed E-state index contributed by atoms with van der Waals surface area (Å²) in [7, 11) is 0. The Morgan fingerprint density at radius 1 is 1.00 bits per heavy atom. The molecule has 1 N–H and O–H groups in total. The van der Waals surface area contributed by atoms with Gasteiger partial charge >= 0.3 is 0 Å². The van der Waals surface area contributed by atoms with Crippen LogP contribution in [-0.2, 0) is 17.8 Å². The number of amides is 2. The molecule has 2 amide bonds. The summed E-state index contributed by atoms with van der Waals surface area (Å²) in [6, 6.07) is 19.2. The number of hydrogen-bond acceptors (Lipinski definition) is 3. The van der Waals surface area contributed by atoms with Gasteiger partial charge in [0.05, 0.1) is 0 Å². The van der Waals surface area contributed by atoms with Crippen LogP contribution in [0.3, 0.4) is 0 Å². The average Bonchev–Trinajstić information content (AvgIpc) is 3.53. The highest BCUT2D eigenvalue weighted by Crippen LogP contribution is 2.31. The summed E-state index contributed by atoms with van der Waals surface area (Å²) in [6.45, 7) is 1.21. The van der Waals surface area contributed by atoms with Gasteiger partial charge in [-0.3, -0.25) is 9.59 Å². The van der Waals surface area contributed by atoms with E-state index in [1.807, 2.05) is 65.6 Å². The van der Waals surface area contributed by atoms with Crippen LogP contribution in [-0.4, -0.2) is 23.3 Å². The largest absolute Gasteiger partial charge is 0.461 e. The number of carbonyl (C=O) groups is 2. The first kappa shape index (κ1) is 21.5. The maximum atomic E-state index is 12.8. The quantitative estimate of drug-likeness (QED) is 0.505. The number of nitrogens with one attached hydrogen (secondary N) is 1. The van der Waals surface area contributed by atoms with Gasteiger partial charge in [0.2, 0.25) is 5.91 Å². The van der Waals surface area contributed by atoms with E-state index in [2.05, 4.69) is 5.32 Å². The molecule has 2 aromatic carbocycles. The molecule has 0 bridgehead atoms. The Morgan fingerprint density at radius 2 is 1.76 bits per heavy atom. The van der Waals surface area contributed by atoms with Crippen LogP contribution in [0, 0.1) is 5.92 Å². The lowest BCUT2D eigenvalue weighted by atomic mass is 10.0. The topological polar surface area (TPSA) is 62.6 Å². The third kappa shape index (κ3) is 5.03. The van der Waals surface area contributed by atoms with E-state index in [4.69, 9.17) is 4.42 Å². The molecule has 0 atom stereocenters. The lowest BCUT2D eigenvalue weighted by Crippen LogP contribution is -2.35. The molecule has 1 aliphatic heterocycles. The molecule has 0 unspecified atom stereocenters. The average molecular weight is 443 g/mol. The summed E-state index contributed by atoms with van der Waals surface area (Å²) < 4.78 is 6.12. The molecule has 170 valence electrons. The molecular weight excluding hydrogens is 412 g/mol. The van der Waals surface area contributed by atoms with Crippen LogP contribution in [0.1, 0.15) is 60.2 Å². The second kappa shape index (κ2) is 9.65. The van der Waals surface area contributed by atoms with Gasteiger partial charge in [-0.15, -0.1) is 0 Å². The second-order valence-electron chi connectivity index (χ2n) is 9.22. The third-order valence-corrected chi connectivity index (χ3v) is 6.88. The summed E-state index contributed by atoms with van der Waals surface area (Å²) in [6.07, 6.45) is 7.46. The van der Waals surface area contributed by atoms with Gasteiger partial charge in [-0.05, 0) is 54.8 Å². The van der Waals surface area contributed by atoms with E-state index in [1.54, 1.807) is 0 Å². The normalized spacial score (nSPS) is 15.9. The van der Waals surface area contributed by atoms with Gasteiger partial charge in [0.25, 0.3) is 5.91 Å². The van der Waals surface area contributed by atoms with Gasteiger partial charge < -0.3 is 14.6 Å². The molecule has 5 heteroatoms. The van der Waals surface area contributed by atoms with E-state index < -0.39 is 0 Å². The van der Waals surface area contributed by atoms with Crippen molar-refractivity contribution >= 4 is 17.5 Å². The number of hydrogen-bond donors (Lipinski definition) is 1. The SMILES string of the molecule is O=C(CCC1CCCC1)Nc1ccc(-c2cc3c(o2)CCN(C(=O)c2ccccc2)C3)cc1. The number of furan rings is 1. The molecule has 1 saturated carbocycles. The van der Waals surface area contributed by atoms with Crippen molar-refractivity contribution in [3.8, 4) is 11.3 Å². The van der Waals surface area contributed by atoms with Crippen LogP contribution >= 0.6 is 0 Å². The Kier molecular flexibility index (Phi) is 6.29. The number of benzene rings is 2. The van der Waals surface area contributed by atoms with E-state index >= 15 is 0 Å². The first-order valence-electron chi connectivity index (χ1n) is 12.0. The van der Waals surface area contributed by atoms with Gasteiger partial charge in [-0.25, -0.2) is 0 Å². The minimum Gasteiger partial charge on any atom is -0.461 e. The zero-order valence-corrected chi connectivity index (χ0v) is 18.9. The predicted molar refractivity (Wildman–Crippen MR) is 129 cm³/mol. The minimum absolute atomic E-state index is 0.0528. The fourth-order valence-corrected chi connectivity index (χ4v) is 4.99. The maximum absolute atomic E-state index is 12.8. The van der Waals surface area contributed by atoms with Crippen molar-refractivity contribution < 1.29 is 14.0 Å². The lowest BCUT2D eigenvalue weighted by molar-refractivity contribution is -0.116. The predicted octanol–water partition coefficient (Wildman–Crippen LogP) is 6.05. The molecule has 3 aromatic rings.